The third-order valence-electron chi connectivity index (χ3n) is 4.03. The van der Waals surface area contributed by atoms with Crippen LogP contribution in [0.25, 0.3) is 0 Å². The fraction of sp³-hybridized carbons (Fsp3) is 0.769. The Hall–Kier alpha value is -0.970. The van der Waals surface area contributed by atoms with Crippen LogP contribution < -0.4 is 0 Å². The standard InChI is InChI=1S/C13H19NO/c1-3-7-14(4-2)13(15)12-9-10-5-6-11(12)8-10/h1,10-12H,4-9H2,2H3. The Bertz CT molecular complexity index is 291. The van der Waals surface area contributed by atoms with Gasteiger partial charge in [0.15, 0.2) is 0 Å². The van der Waals surface area contributed by atoms with E-state index < -0.39 is 0 Å². The lowest BCUT2D eigenvalue weighted by atomic mass is 9.88. The molecule has 2 aliphatic rings. The SMILES string of the molecule is C#CCN(CC)C(=O)C1CC2CCC1C2. The largest absolute Gasteiger partial charge is 0.332 e. The van der Waals surface area contributed by atoms with E-state index in [1.54, 1.807) is 0 Å². The number of hydrogen-bond acceptors (Lipinski definition) is 1. The molecule has 2 aliphatic carbocycles. The molecule has 0 aromatic heterocycles. The third-order valence-corrected chi connectivity index (χ3v) is 4.03. The molecule has 0 aromatic carbocycles. The first-order valence-corrected chi connectivity index (χ1v) is 5.98. The van der Waals surface area contributed by atoms with E-state index in [1.807, 2.05) is 11.8 Å². The molecule has 0 heterocycles. The van der Waals surface area contributed by atoms with Gasteiger partial charge in [0.25, 0.3) is 0 Å². The zero-order valence-electron chi connectivity index (χ0n) is 9.41. The van der Waals surface area contributed by atoms with Crippen molar-refractivity contribution in [3.8, 4) is 12.3 Å². The van der Waals surface area contributed by atoms with E-state index in [1.165, 1.54) is 19.3 Å². The van der Waals surface area contributed by atoms with Gasteiger partial charge in [-0.05, 0) is 38.0 Å². The van der Waals surface area contributed by atoms with Crippen LogP contribution in [0.5, 0.6) is 0 Å². The lowest BCUT2D eigenvalue weighted by Gasteiger charge is -2.27. The van der Waals surface area contributed by atoms with Crippen molar-refractivity contribution in [3.05, 3.63) is 0 Å². The lowest BCUT2D eigenvalue weighted by Crippen LogP contribution is -2.38. The van der Waals surface area contributed by atoms with E-state index in [0.717, 1.165) is 18.9 Å². The molecule has 0 aromatic rings. The van der Waals surface area contributed by atoms with Gasteiger partial charge < -0.3 is 4.90 Å². The van der Waals surface area contributed by atoms with Crippen LogP contribution in [0.3, 0.4) is 0 Å². The van der Waals surface area contributed by atoms with Crippen molar-refractivity contribution >= 4 is 5.91 Å². The molecule has 2 nitrogen and oxygen atoms in total. The van der Waals surface area contributed by atoms with Crippen molar-refractivity contribution in [1.82, 2.24) is 4.90 Å². The Balaban J connectivity index is 1.98. The van der Waals surface area contributed by atoms with Crippen molar-refractivity contribution in [2.24, 2.45) is 17.8 Å². The molecule has 0 radical (unpaired) electrons. The molecule has 2 fully saturated rings. The summed E-state index contributed by atoms with van der Waals surface area (Å²) in [4.78, 5) is 14.0. The molecule has 0 aliphatic heterocycles. The topological polar surface area (TPSA) is 20.3 Å². The van der Waals surface area contributed by atoms with Gasteiger partial charge in [-0.3, -0.25) is 4.79 Å². The lowest BCUT2D eigenvalue weighted by molar-refractivity contribution is -0.136. The number of rotatable bonds is 3. The zero-order chi connectivity index (χ0) is 10.8. The van der Waals surface area contributed by atoms with Crippen molar-refractivity contribution in [2.45, 2.75) is 32.6 Å². The minimum absolute atomic E-state index is 0.289. The molecule has 0 N–H and O–H groups in total. The first kappa shape index (κ1) is 10.5. The minimum atomic E-state index is 0.289. The number of terminal acetylenes is 1. The van der Waals surface area contributed by atoms with E-state index in [4.69, 9.17) is 6.42 Å². The fourth-order valence-electron chi connectivity index (χ4n) is 3.24. The second-order valence-electron chi connectivity index (χ2n) is 4.84. The predicted molar refractivity (Wildman–Crippen MR) is 60.0 cm³/mol. The molecule has 2 heteroatoms. The Morgan fingerprint density at radius 1 is 1.47 bits per heavy atom. The van der Waals surface area contributed by atoms with Gasteiger partial charge in [0.2, 0.25) is 5.91 Å². The summed E-state index contributed by atoms with van der Waals surface area (Å²) < 4.78 is 0. The van der Waals surface area contributed by atoms with Gasteiger partial charge in [-0.25, -0.2) is 0 Å². The van der Waals surface area contributed by atoms with Gasteiger partial charge in [-0.2, -0.15) is 0 Å². The number of carbonyl (C=O) groups excluding carboxylic acids is 1. The third kappa shape index (κ3) is 1.88. The predicted octanol–water partition coefficient (Wildman–Crippen LogP) is 1.90. The maximum Gasteiger partial charge on any atom is 0.226 e. The molecule has 2 saturated carbocycles. The van der Waals surface area contributed by atoms with Gasteiger partial charge in [-0.15, -0.1) is 6.42 Å². The van der Waals surface area contributed by atoms with E-state index in [-0.39, 0.29) is 5.92 Å². The van der Waals surface area contributed by atoms with Gasteiger partial charge in [0.05, 0.1) is 6.54 Å². The molecule has 1 amide bonds. The molecule has 82 valence electrons. The summed E-state index contributed by atoms with van der Waals surface area (Å²) in [5, 5.41) is 0. The molecule has 2 bridgehead atoms. The molecule has 3 atom stereocenters. The van der Waals surface area contributed by atoms with E-state index in [9.17, 15) is 4.79 Å². The van der Waals surface area contributed by atoms with Gasteiger partial charge in [0.1, 0.15) is 0 Å². The van der Waals surface area contributed by atoms with E-state index in [2.05, 4.69) is 5.92 Å². The van der Waals surface area contributed by atoms with Crippen LogP contribution in [0.2, 0.25) is 0 Å². The van der Waals surface area contributed by atoms with Crippen LogP contribution in [0.1, 0.15) is 32.6 Å². The summed E-state index contributed by atoms with van der Waals surface area (Å²) in [7, 11) is 0. The maximum atomic E-state index is 12.2. The fourth-order valence-corrected chi connectivity index (χ4v) is 3.24. The van der Waals surface area contributed by atoms with E-state index >= 15 is 0 Å². The van der Waals surface area contributed by atoms with Crippen LogP contribution in [0.4, 0.5) is 0 Å². The molecule has 15 heavy (non-hydrogen) atoms. The molecule has 0 spiro atoms. The highest BCUT2D eigenvalue weighted by molar-refractivity contribution is 5.80. The maximum absolute atomic E-state index is 12.2. The first-order chi connectivity index (χ1) is 7.26. The Kier molecular flexibility index (Phi) is 3.00. The van der Waals surface area contributed by atoms with Crippen LogP contribution in [-0.4, -0.2) is 23.9 Å². The van der Waals surface area contributed by atoms with Crippen molar-refractivity contribution in [1.29, 1.82) is 0 Å². The monoisotopic (exact) mass is 205 g/mol. The quantitative estimate of drug-likeness (QED) is 0.644. The molecule has 0 saturated heterocycles. The Morgan fingerprint density at radius 2 is 2.27 bits per heavy atom. The second-order valence-corrected chi connectivity index (χ2v) is 4.84. The summed E-state index contributed by atoms with van der Waals surface area (Å²) in [6, 6.07) is 0. The van der Waals surface area contributed by atoms with Gasteiger partial charge in [0, 0.05) is 12.5 Å². The molecule has 3 unspecified atom stereocenters. The molecule has 2 rings (SSSR count). The number of nitrogens with zero attached hydrogens (tertiary/aromatic N) is 1. The highest BCUT2D eigenvalue weighted by Gasteiger charge is 2.44. The smallest absolute Gasteiger partial charge is 0.226 e. The Labute approximate surface area is 92.0 Å². The van der Waals surface area contributed by atoms with Crippen LogP contribution >= 0.6 is 0 Å². The summed E-state index contributed by atoms with van der Waals surface area (Å²) in [6.07, 6.45) is 10.3. The van der Waals surface area contributed by atoms with Crippen LogP contribution in [0.15, 0.2) is 0 Å². The second kappa shape index (κ2) is 4.26. The van der Waals surface area contributed by atoms with Crippen molar-refractivity contribution in [2.75, 3.05) is 13.1 Å². The summed E-state index contributed by atoms with van der Waals surface area (Å²) >= 11 is 0. The number of hydrogen-bond donors (Lipinski definition) is 0. The van der Waals surface area contributed by atoms with Crippen molar-refractivity contribution in [3.63, 3.8) is 0 Å². The summed E-state index contributed by atoms with van der Waals surface area (Å²) in [5.41, 5.74) is 0. The zero-order valence-corrected chi connectivity index (χ0v) is 9.41. The highest BCUT2D eigenvalue weighted by Crippen LogP contribution is 2.48. The normalized spacial score (nSPS) is 32.7. The average Bonchev–Trinajstić information content (AvgIpc) is 2.86. The first-order valence-electron chi connectivity index (χ1n) is 5.98. The minimum Gasteiger partial charge on any atom is -0.332 e. The van der Waals surface area contributed by atoms with Crippen LogP contribution in [0, 0.1) is 30.1 Å². The number of carbonyl (C=O) groups is 1. The number of amides is 1. The van der Waals surface area contributed by atoms with E-state index in [0.29, 0.717) is 18.4 Å². The highest BCUT2D eigenvalue weighted by atomic mass is 16.2. The molecular weight excluding hydrogens is 186 g/mol. The summed E-state index contributed by atoms with van der Waals surface area (Å²) in [5.74, 6) is 4.66. The van der Waals surface area contributed by atoms with Gasteiger partial charge >= 0.3 is 0 Å². The number of fused-ring (bicyclic) bond motifs is 2. The summed E-state index contributed by atoms with van der Waals surface area (Å²) in [6.45, 7) is 3.22. The van der Waals surface area contributed by atoms with Crippen molar-refractivity contribution < 1.29 is 4.79 Å². The van der Waals surface area contributed by atoms with Gasteiger partial charge in [-0.1, -0.05) is 12.3 Å². The average molecular weight is 205 g/mol. The molecular formula is C13H19NO. The van der Waals surface area contributed by atoms with Crippen LogP contribution in [-0.2, 0) is 4.79 Å². The Morgan fingerprint density at radius 3 is 2.73 bits per heavy atom.